The molecule has 0 radical (unpaired) electrons. The molecule has 0 spiro atoms. The second-order valence-electron chi connectivity index (χ2n) is 4.21. The smallest absolute Gasteiger partial charge is 0.267 e. The van der Waals surface area contributed by atoms with Crippen LogP contribution in [0.15, 0.2) is 30.3 Å². The number of piperidine rings is 1. The van der Waals surface area contributed by atoms with E-state index in [4.69, 9.17) is 0 Å². The lowest BCUT2D eigenvalue weighted by atomic mass is 10.1. The SMILES string of the molecule is CN(C(=O)c1ccccc1)N1CCCCC1. The normalized spacial score (nSPS) is 17.1. The molecule has 0 saturated carbocycles. The highest BCUT2D eigenvalue weighted by atomic mass is 16.2. The summed E-state index contributed by atoms with van der Waals surface area (Å²) >= 11 is 0. The van der Waals surface area contributed by atoms with E-state index in [2.05, 4.69) is 5.01 Å². The predicted molar refractivity (Wildman–Crippen MR) is 64.0 cm³/mol. The van der Waals surface area contributed by atoms with Gasteiger partial charge in [-0.25, -0.2) is 5.01 Å². The van der Waals surface area contributed by atoms with Crippen LogP contribution in [0.1, 0.15) is 29.6 Å². The molecule has 2 rings (SSSR count). The lowest BCUT2D eigenvalue weighted by molar-refractivity contribution is -0.00498. The van der Waals surface area contributed by atoms with Crippen LogP contribution in [0.5, 0.6) is 0 Å². The van der Waals surface area contributed by atoms with Crippen LogP contribution in [-0.2, 0) is 0 Å². The van der Waals surface area contributed by atoms with Crippen LogP contribution < -0.4 is 0 Å². The van der Waals surface area contributed by atoms with Crippen molar-refractivity contribution in [2.45, 2.75) is 19.3 Å². The molecule has 0 bridgehead atoms. The van der Waals surface area contributed by atoms with Crippen LogP contribution in [0, 0.1) is 0 Å². The van der Waals surface area contributed by atoms with Crippen molar-refractivity contribution in [2.75, 3.05) is 20.1 Å². The molecule has 0 aromatic heterocycles. The van der Waals surface area contributed by atoms with Crippen LogP contribution in [0.2, 0.25) is 0 Å². The fourth-order valence-electron chi connectivity index (χ4n) is 2.07. The van der Waals surface area contributed by atoms with Crippen molar-refractivity contribution < 1.29 is 4.79 Å². The summed E-state index contributed by atoms with van der Waals surface area (Å²) in [5, 5.41) is 3.90. The molecule has 3 nitrogen and oxygen atoms in total. The Morgan fingerprint density at radius 1 is 1.12 bits per heavy atom. The van der Waals surface area contributed by atoms with E-state index in [1.54, 1.807) is 5.01 Å². The van der Waals surface area contributed by atoms with Gasteiger partial charge in [-0.1, -0.05) is 24.6 Å². The average Bonchev–Trinajstić information content (AvgIpc) is 2.39. The van der Waals surface area contributed by atoms with Gasteiger partial charge in [-0.2, -0.15) is 0 Å². The second kappa shape index (κ2) is 5.12. The lowest BCUT2D eigenvalue weighted by Gasteiger charge is -2.34. The van der Waals surface area contributed by atoms with Gasteiger partial charge in [-0.3, -0.25) is 9.80 Å². The van der Waals surface area contributed by atoms with Crippen molar-refractivity contribution in [1.82, 2.24) is 10.0 Å². The molecule has 1 aromatic rings. The molecular formula is C13H18N2O. The zero-order valence-electron chi connectivity index (χ0n) is 9.72. The number of nitrogens with zero attached hydrogens (tertiary/aromatic N) is 2. The van der Waals surface area contributed by atoms with Gasteiger partial charge in [-0.15, -0.1) is 0 Å². The van der Waals surface area contributed by atoms with Crippen molar-refractivity contribution in [3.8, 4) is 0 Å². The van der Waals surface area contributed by atoms with E-state index in [1.165, 1.54) is 19.3 Å². The van der Waals surface area contributed by atoms with Crippen LogP contribution in [0.3, 0.4) is 0 Å². The first-order valence-electron chi connectivity index (χ1n) is 5.87. The molecule has 86 valence electrons. The third kappa shape index (κ3) is 2.42. The van der Waals surface area contributed by atoms with Gasteiger partial charge in [-0.05, 0) is 25.0 Å². The van der Waals surface area contributed by atoms with Crippen molar-refractivity contribution in [1.29, 1.82) is 0 Å². The highest BCUT2D eigenvalue weighted by molar-refractivity contribution is 5.93. The molecule has 1 amide bonds. The van der Waals surface area contributed by atoms with Gasteiger partial charge >= 0.3 is 0 Å². The molecule has 3 heteroatoms. The minimum absolute atomic E-state index is 0.0856. The molecule has 0 N–H and O–H groups in total. The van der Waals surface area contributed by atoms with Gasteiger partial charge in [0.05, 0.1) is 0 Å². The Morgan fingerprint density at radius 2 is 1.75 bits per heavy atom. The van der Waals surface area contributed by atoms with Crippen LogP contribution in [0.25, 0.3) is 0 Å². The maximum atomic E-state index is 12.1. The Kier molecular flexibility index (Phi) is 3.57. The zero-order valence-corrected chi connectivity index (χ0v) is 9.72. The fraction of sp³-hybridized carbons (Fsp3) is 0.462. The Labute approximate surface area is 96.6 Å². The number of rotatable bonds is 2. The van der Waals surface area contributed by atoms with Crippen molar-refractivity contribution in [2.24, 2.45) is 0 Å². The number of benzene rings is 1. The molecule has 0 aliphatic carbocycles. The topological polar surface area (TPSA) is 23.6 Å². The predicted octanol–water partition coefficient (Wildman–Crippen LogP) is 2.16. The summed E-state index contributed by atoms with van der Waals surface area (Å²) < 4.78 is 0. The molecule has 0 unspecified atom stereocenters. The lowest BCUT2D eigenvalue weighted by Crippen LogP contribution is -2.46. The number of hydrogen-bond donors (Lipinski definition) is 0. The number of carbonyl (C=O) groups is 1. The number of carbonyl (C=O) groups excluding carboxylic acids is 1. The molecule has 0 atom stereocenters. The first-order valence-corrected chi connectivity index (χ1v) is 5.87. The third-order valence-corrected chi connectivity index (χ3v) is 3.07. The van der Waals surface area contributed by atoms with Crippen molar-refractivity contribution >= 4 is 5.91 Å². The molecule has 1 aliphatic heterocycles. The zero-order chi connectivity index (χ0) is 11.4. The molecule has 1 aliphatic rings. The Hall–Kier alpha value is -1.35. The standard InChI is InChI=1S/C13H18N2O/c1-14(15-10-6-3-7-11-15)13(16)12-8-4-2-5-9-12/h2,4-5,8-9H,3,6-7,10-11H2,1H3. The first-order chi connectivity index (χ1) is 7.79. The van der Waals surface area contributed by atoms with E-state index in [9.17, 15) is 4.79 Å². The van der Waals surface area contributed by atoms with E-state index < -0.39 is 0 Å². The summed E-state index contributed by atoms with van der Waals surface area (Å²) in [4.78, 5) is 12.1. The highest BCUT2D eigenvalue weighted by Crippen LogP contribution is 2.12. The van der Waals surface area contributed by atoms with E-state index >= 15 is 0 Å². The molecule has 1 aromatic carbocycles. The third-order valence-electron chi connectivity index (χ3n) is 3.07. The van der Waals surface area contributed by atoms with E-state index in [-0.39, 0.29) is 5.91 Å². The Morgan fingerprint density at radius 3 is 2.38 bits per heavy atom. The van der Waals surface area contributed by atoms with E-state index in [0.717, 1.165) is 18.7 Å². The summed E-state index contributed by atoms with van der Waals surface area (Å²) in [5.41, 5.74) is 0.760. The molecule has 1 saturated heterocycles. The average molecular weight is 218 g/mol. The second-order valence-corrected chi connectivity index (χ2v) is 4.21. The Balaban J connectivity index is 2.04. The number of hydrazine groups is 1. The molecule has 16 heavy (non-hydrogen) atoms. The van der Waals surface area contributed by atoms with Gasteiger partial charge in [0.15, 0.2) is 0 Å². The van der Waals surface area contributed by atoms with Crippen LogP contribution in [0.4, 0.5) is 0 Å². The maximum absolute atomic E-state index is 12.1. The molecular weight excluding hydrogens is 200 g/mol. The first kappa shape index (κ1) is 11.1. The summed E-state index contributed by atoms with van der Waals surface area (Å²) in [6.45, 7) is 1.99. The monoisotopic (exact) mass is 218 g/mol. The van der Waals surface area contributed by atoms with Gasteiger partial charge in [0, 0.05) is 25.7 Å². The van der Waals surface area contributed by atoms with Gasteiger partial charge < -0.3 is 0 Å². The largest absolute Gasteiger partial charge is 0.274 e. The summed E-state index contributed by atoms with van der Waals surface area (Å²) in [6.07, 6.45) is 3.66. The highest BCUT2D eigenvalue weighted by Gasteiger charge is 2.20. The number of hydrogen-bond acceptors (Lipinski definition) is 2. The van der Waals surface area contributed by atoms with Crippen LogP contribution in [-0.4, -0.2) is 36.1 Å². The van der Waals surface area contributed by atoms with Crippen LogP contribution >= 0.6 is 0 Å². The van der Waals surface area contributed by atoms with Crippen molar-refractivity contribution in [3.05, 3.63) is 35.9 Å². The van der Waals surface area contributed by atoms with Gasteiger partial charge in [0.1, 0.15) is 0 Å². The minimum atomic E-state index is 0.0856. The van der Waals surface area contributed by atoms with E-state index in [0.29, 0.717) is 0 Å². The molecule has 1 fully saturated rings. The van der Waals surface area contributed by atoms with E-state index in [1.807, 2.05) is 37.4 Å². The fourth-order valence-corrected chi connectivity index (χ4v) is 2.07. The maximum Gasteiger partial charge on any atom is 0.267 e. The number of amides is 1. The van der Waals surface area contributed by atoms with Gasteiger partial charge in [0.2, 0.25) is 0 Å². The summed E-state index contributed by atoms with van der Waals surface area (Å²) in [7, 11) is 1.86. The van der Waals surface area contributed by atoms with Gasteiger partial charge in [0.25, 0.3) is 5.91 Å². The Bertz CT molecular complexity index is 344. The minimum Gasteiger partial charge on any atom is -0.274 e. The summed E-state index contributed by atoms with van der Waals surface area (Å²) in [5.74, 6) is 0.0856. The molecule has 1 heterocycles. The van der Waals surface area contributed by atoms with Crippen molar-refractivity contribution in [3.63, 3.8) is 0 Å². The quantitative estimate of drug-likeness (QED) is 0.759. The summed E-state index contributed by atoms with van der Waals surface area (Å²) in [6, 6.07) is 9.46.